The minimum Gasteiger partial charge on any atom is -0.481 e. The van der Waals surface area contributed by atoms with Gasteiger partial charge < -0.3 is 10.4 Å². The van der Waals surface area contributed by atoms with E-state index >= 15 is 0 Å². The lowest BCUT2D eigenvalue weighted by atomic mass is 10.1. The molecule has 0 radical (unpaired) electrons. The third kappa shape index (κ3) is 5.18. The van der Waals surface area contributed by atoms with Crippen LogP contribution in [0.15, 0.2) is 77.7 Å². The monoisotopic (exact) mass is 412 g/mol. The molecular formula is C21H20N2O5S. The lowest BCUT2D eigenvalue weighted by Crippen LogP contribution is -2.42. The van der Waals surface area contributed by atoms with Crippen molar-refractivity contribution in [3.8, 4) is 0 Å². The fraction of sp³-hybridized carbons (Fsp3) is 0.143. The minimum absolute atomic E-state index is 0.00466. The average Bonchev–Trinajstić information content (AvgIpc) is 2.72. The van der Waals surface area contributed by atoms with Gasteiger partial charge in [0.1, 0.15) is 5.92 Å². The van der Waals surface area contributed by atoms with Gasteiger partial charge in [-0.15, -0.1) is 0 Å². The van der Waals surface area contributed by atoms with E-state index in [2.05, 4.69) is 10.0 Å². The summed E-state index contributed by atoms with van der Waals surface area (Å²) in [7, 11) is -3.97. The number of amides is 1. The highest BCUT2D eigenvalue weighted by molar-refractivity contribution is 7.89. The largest absolute Gasteiger partial charge is 0.481 e. The van der Waals surface area contributed by atoms with Crippen LogP contribution < -0.4 is 10.0 Å². The summed E-state index contributed by atoms with van der Waals surface area (Å²) in [6.45, 7) is -0.397. The van der Waals surface area contributed by atoms with Crippen LogP contribution in [0, 0.1) is 5.92 Å². The molecule has 3 N–H and O–H groups in total. The van der Waals surface area contributed by atoms with Gasteiger partial charge in [-0.1, -0.05) is 60.7 Å². The van der Waals surface area contributed by atoms with Crippen molar-refractivity contribution in [3.05, 3.63) is 78.4 Å². The normalized spacial score (nSPS) is 12.4. The van der Waals surface area contributed by atoms with Crippen molar-refractivity contribution in [1.82, 2.24) is 10.0 Å². The molecular weight excluding hydrogens is 392 g/mol. The van der Waals surface area contributed by atoms with E-state index in [1.54, 1.807) is 42.5 Å². The number of carbonyl (C=O) groups excluding carboxylic acids is 1. The number of carboxylic acids is 1. The quantitative estimate of drug-likeness (QED) is 0.491. The van der Waals surface area contributed by atoms with E-state index in [1.807, 2.05) is 18.2 Å². The standard InChI is InChI=1S/C21H20N2O5S/c24-20(22-13-15-6-2-1-3-7-15)19(21(25)26)14-23-29(27,28)18-11-10-16-8-4-5-9-17(16)12-18/h1-12,19,23H,13-14H2,(H,22,24)(H,25,26)/t19-/m1/s1. The van der Waals surface area contributed by atoms with Crippen molar-refractivity contribution in [1.29, 1.82) is 0 Å². The van der Waals surface area contributed by atoms with Gasteiger partial charge >= 0.3 is 5.97 Å². The third-order valence-electron chi connectivity index (χ3n) is 4.43. The van der Waals surface area contributed by atoms with Crippen molar-refractivity contribution in [2.75, 3.05) is 6.54 Å². The number of hydrogen-bond donors (Lipinski definition) is 3. The van der Waals surface area contributed by atoms with E-state index in [9.17, 15) is 23.1 Å². The molecule has 0 spiro atoms. The number of aliphatic carboxylic acids is 1. The van der Waals surface area contributed by atoms with Gasteiger partial charge in [0.15, 0.2) is 0 Å². The zero-order chi connectivity index (χ0) is 20.9. The number of carboxylic acid groups (broad SMARTS) is 1. The maximum Gasteiger partial charge on any atom is 0.317 e. The predicted molar refractivity (Wildman–Crippen MR) is 109 cm³/mol. The molecule has 0 aromatic heterocycles. The smallest absolute Gasteiger partial charge is 0.317 e. The van der Waals surface area contributed by atoms with Gasteiger partial charge in [-0.05, 0) is 28.5 Å². The van der Waals surface area contributed by atoms with E-state index in [0.717, 1.165) is 16.3 Å². The first-order valence-corrected chi connectivity index (χ1v) is 10.4. The third-order valence-corrected chi connectivity index (χ3v) is 5.85. The Kier molecular flexibility index (Phi) is 6.26. The first-order valence-electron chi connectivity index (χ1n) is 8.90. The van der Waals surface area contributed by atoms with Crippen LogP contribution in [0.2, 0.25) is 0 Å². The minimum atomic E-state index is -3.97. The van der Waals surface area contributed by atoms with Crippen molar-refractivity contribution >= 4 is 32.7 Å². The highest BCUT2D eigenvalue weighted by Gasteiger charge is 2.28. The average molecular weight is 412 g/mol. The number of rotatable bonds is 8. The van der Waals surface area contributed by atoms with Crippen LogP contribution in [-0.4, -0.2) is 31.9 Å². The molecule has 3 aromatic carbocycles. The summed E-state index contributed by atoms with van der Waals surface area (Å²) >= 11 is 0. The Bertz CT molecular complexity index is 1130. The van der Waals surface area contributed by atoms with Crippen LogP contribution in [0.25, 0.3) is 10.8 Å². The maximum absolute atomic E-state index is 12.6. The molecule has 0 fully saturated rings. The Morgan fingerprint density at radius 1 is 0.897 bits per heavy atom. The second-order valence-electron chi connectivity index (χ2n) is 6.46. The molecule has 0 heterocycles. The Hall–Kier alpha value is -3.23. The molecule has 0 aliphatic carbocycles. The Morgan fingerprint density at radius 3 is 2.24 bits per heavy atom. The van der Waals surface area contributed by atoms with Crippen LogP contribution in [0.4, 0.5) is 0 Å². The fourth-order valence-electron chi connectivity index (χ4n) is 2.81. The summed E-state index contributed by atoms with van der Waals surface area (Å²) in [4.78, 5) is 23.7. The molecule has 29 heavy (non-hydrogen) atoms. The molecule has 150 valence electrons. The summed E-state index contributed by atoms with van der Waals surface area (Å²) in [6.07, 6.45) is 0. The van der Waals surface area contributed by atoms with Gasteiger partial charge in [-0.25, -0.2) is 13.1 Å². The van der Waals surface area contributed by atoms with Crippen LogP contribution in [0.1, 0.15) is 5.56 Å². The molecule has 1 atom stereocenters. The molecule has 7 nitrogen and oxygen atoms in total. The predicted octanol–water partition coefficient (Wildman–Crippen LogP) is 2.14. The van der Waals surface area contributed by atoms with Gasteiger partial charge in [0, 0.05) is 13.1 Å². The number of carbonyl (C=O) groups is 2. The van der Waals surface area contributed by atoms with E-state index < -0.39 is 34.4 Å². The van der Waals surface area contributed by atoms with Crippen molar-refractivity contribution in [2.24, 2.45) is 5.92 Å². The van der Waals surface area contributed by atoms with Crippen molar-refractivity contribution in [2.45, 2.75) is 11.4 Å². The molecule has 3 aromatic rings. The maximum atomic E-state index is 12.6. The van der Waals surface area contributed by atoms with E-state index in [-0.39, 0.29) is 11.4 Å². The number of nitrogens with one attached hydrogen (secondary N) is 2. The fourth-order valence-corrected chi connectivity index (χ4v) is 3.89. The Morgan fingerprint density at radius 2 is 1.55 bits per heavy atom. The summed E-state index contributed by atoms with van der Waals surface area (Å²) in [5.41, 5.74) is 0.807. The lowest BCUT2D eigenvalue weighted by molar-refractivity contribution is -0.146. The number of benzene rings is 3. The number of fused-ring (bicyclic) bond motifs is 1. The highest BCUT2D eigenvalue weighted by atomic mass is 32.2. The second kappa shape index (κ2) is 8.85. The molecule has 0 aliphatic heterocycles. The first-order chi connectivity index (χ1) is 13.9. The molecule has 8 heteroatoms. The summed E-state index contributed by atoms with van der Waals surface area (Å²) in [6, 6.07) is 20.9. The summed E-state index contributed by atoms with van der Waals surface area (Å²) < 4.78 is 27.4. The van der Waals surface area contributed by atoms with Gasteiger partial charge in [0.05, 0.1) is 4.90 Å². The molecule has 0 aliphatic rings. The topological polar surface area (TPSA) is 113 Å². The van der Waals surface area contributed by atoms with Gasteiger partial charge in [0.2, 0.25) is 15.9 Å². The van der Waals surface area contributed by atoms with Gasteiger partial charge in [-0.2, -0.15) is 0 Å². The van der Waals surface area contributed by atoms with Crippen LogP contribution in [0.3, 0.4) is 0 Å². The van der Waals surface area contributed by atoms with Crippen LogP contribution in [-0.2, 0) is 26.2 Å². The van der Waals surface area contributed by atoms with Crippen LogP contribution >= 0.6 is 0 Å². The zero-order valence-corrected chi connectivity index (χ0v) is 16.2. The van der Waals surface area contributed by atoms with Gasteiger partial charge in [-0.3, -0.25) is 9.59 Å². The SMILES string of the molecule is O=C(O)[C@H](CNS(=O)(=O)c1ccc2ccccc2c1)C(=O)NCc1ccccc1. The first kappa shape index (κ1) is 20.5. The number of hydrogen-bond acceptors (Lipinski definition) is 4. The summed E-state index contributed by atoms with van der Waals surface area (Å²) in [5, 5.41) is 13.5. The molecule has 1 amide bonds. The summed E-state index contributed by atoms with van der Waals surface area (Å²) in [5.74, 6) is -3.71. The molecule has 0 saturated carbocycles. The zero-order valence-electron chi connectivity index (χ0n) is 15.4. The van der Waals surface area contributed by atoms with Crippen molar-refractivity contribution in [3.63, 3.8) is 0 Å². The molecule has 0 bridgehead atoms. The molecule has 3 rings (SSSR count). The molecule has 0 saturated heterocycles. The van der Waals surface area contributed by atoms with Gasteiger partial charge in [0.25, 0.3) is 0 Å². The molecule has 0 unspecified atom stereocenters. The van der Waals surface area contributed by atoms with E-state index in [0.29, 0.717) is 0 Å². The van der Waals surface area contributed by atoms with E-state index in [4.69, 9.17) is 0 Å². The van der Waals surface area contributed by atoms with Crippen LogP contribution in [0.5, 0.6) is 0 Å². The van der Waals surface area contributed by atoms with E-state index in [1.165, 1.54) is 12.1 Å². The Labute approximate surface area is 168 Å². The Balaban J connectivity index is 1.68. The van der Waals surface area contributed by atoms with Crippen molar-refractivity contribution < 1.29 is 23.1 Å². The second-order valence-corrected chi connectivity index (χ2v) is 8.22. The lowest BCUT2D eigenvalue weighted by Gasteiger charge is -2.14. The number of sulfonamides is 1. The highest BCUT2D eigenvalue weighted by Crippen LogP contribution is 2.19.